The highest BCUT2D eigenvalue weighted by Crippen LogP contribution is 2.29. The molecule has 2 aromatic rings. The molecule has 0 spiro atoms. The molecule has 2 saturated heterocycles. The summed E-state index contributed by atoms with van der Waals surface area (Å²) in [6.07, 6.45) is 3.22. The Labute approximate surface area is 208 Å². The van der Waals surface area contributed by atoms with Crippen molar-refractivity contribution in [1.82, 2.24) is 15.4 Å². The predicted octanol–water partition coefficient (Wildman–Crippen LogP) is 2.29. The lowest BCUT2D eigenvalue weighted by Crippen LogP contribution is -2.39. The van der Waals surface area contributed by atoms with Gasteiger partial charge in [-0.25, -0.2) is 14.2 Å². The molecule has 2 amide bonds. The lowest BCUT2D eigenvalue weighted by molar-refractivity contribution is -0.180. The van der Waals surface area contributed by atoms with Gasteiger partial charge in [-0.1, -0.05) is 0 Å². The average molecular weight is 500 g/mol. The highest BCUT2D eigenvalue weighted by molar-refractivity contribution is 5.90. The SMILES string of the molecule is CC(=O)CC[C@H]1CN(c2ccc(N3CCON(C(=O)CNCc4ccncc4)CC3)c(F)c2)C(=O)O1. The molecule has 0 aliphatic carbocycles. The van der Waals surface area contributed by atoms with Crippen molar-refractivity contribution in [2.75, 3.05) is 49.1 Å². The minimum atomic E-state index is -0.550. The number of rotatable bonds is 9. The molecule has 192 valence electrons. The molecule has 3 heterocycles. The van der Waals surface area contributed by atoms with E-state index in [0.717, 1.165) is 5.56 Å². The number of nitrogens with one attached hydrogen (secondary N) is 1. The molecule has 2 fully saturated rings. The first-order valence-electron chi connectivity index (χ1n) is 12.0. The molecule has 0 saturated carbocycles. The third-order valence-corrected chi connectivity index (χ3v) is 6.09. The van der Waals surface area contributed by atoms with E-state index in [1.807, 2.05) is 17.0 Å². The number of ether oxygens (including phenoxy) is 1. The number of cyclic esters (lactones) is 1. The Bertz CT molecular complexity index is 1090. The van der Waals surface area contributed by atoms with Crippen LogP contribution in [-0.4, -0.2) is 73.3 Å². The molecule has 11 heteroatoms. The molecule has 36 heavy (non-hydrogen) atoms. The van der Waals surface area contributed by atoms with E-state index in [1.54, 1.807) is 24.5 Å². The van der Waals surface area contributed by atoms with Crippen LogP contribution in [0.4, 0.5) is 20.6 Å². The van der Waals surface area contributed by atoms with Gasteiger partial charge in [-0.15, -0.1) is 0 Å². The first-order valence-corrected chi connectivity index (χ1v) is 12.0. The Morgan fingerprint density at radius 2 is 1.97 bits per heavy atom. The molecule has 1 atom stereocenters. The number of hydrogen-bond acceptors (Lipinski definition) is 8. The van der Waals surface area contributed by atoms with Crippen LogP contribution in [0.2, 0.25) is 0 Å². The van der Waals surface area contributed by atoms with Crippen molar-refractivity contribution in [3.05, 3.63) is 54.1 Å². The number of pyridine rings is 1. The summed E-state index contributed by atoms with van der Waals surface area (Å²) in [4.78, 5) is 48.8. The van der Waals surface area contributed by atoms with Crippen LogP contribution in [0.1, 0.15) is 25.3 Å². The van der Waals surface area contributed by atoms with Gasteiger partial charge in [0.2, 0.25) is 0 Å². The first kappa shape index (κ1) is 25.5. The molecule has 0 bridgehead atoms. The quantitative estimate of drug-likeness (QED) is 0.561. The highest BCUT2D eigenvalue weighted by Gasteiger charge is 2.33. The summed E-state index contributed by atoms with van der Waals surface area (Å²) in [6, 6.07) is 8.34. The van der Waals surface area contributed by atoms with Gasteiger partial charge < -0.3 is 19.7 Å². The fourth-order valence-corrected chi connectivity index (χ4v) is 4.16. The molecule has 0 unspecified atom stereocenters. The van der Waals surface area contributed by atoms with Crippen molar-refractivity contribution in [3.63, 3.8) is 0 Å². The standard InChI is InChI=1S/C25H30FN5O5/c1-18(32)2-4-21-17-30(25(34)36-21)20-3-5-23(22(26)14-20)29-10-11-31(35-13-12-29)24(33)16-28-15-19-6-8-27-9-7-19/h3,5-9,14,21,28H,2,4,10-13,15-17H2,1H3/t21-/m0/s1. The van der Waals surface area contributed by atoms with Crippen LogP contribution < -0.4 is 15.1 Å². The maximum atomic E-state index is 15.1. The number of nitrogens with zero attached hydrogens (tertiary/aromatic N) is 4. The Hall–Kier alpha value is -3.57. The summed E-state index contributed by atoms with van der Waals surface area (Å²) in [5, 5.41) is 4.41. The van der Waals surface area contributed by atoms with Crippen molar-refractivity contribution in [2.45, 2.75) is 32.4 Å². The number of Topliss-reactive ketones (excluding diaryl/α,β-unsaturated/α-hetero) is 1. The van der Waals surface area contributed by atoms with Crippen LogP contribution >= 0.6 is 0 Å². The van der Waals surface area contributed by atoms with E-state index in [-0.39, 0.29) is 37.9 Å². The fraction of sp³-hybridized carbons (Fsp3) is 0.440. The van der Waals surface area contributed by atoms with Gasteiger partial charge in [-0.05, 0) is 49.2 Å². The summed E-state index contributed by atoms with van der Waals surface area (Å²) < 4.78 is 20.4. The topological polar surface area (TPSA) is 104 Å². The van der Waals surface area contributed by atoms with Crippen LogP contribution in [0.3, 0.4) is 0 Å². The maximum Gasteiger partial charge on any atom is 0.414 e. The van der Waals surface area contributed by atoms with Crippen molar-refractivity contribution in [3.8, 4) is 0 Å². The van der Waals surface area contributed by atoms with Crippen LogP contribution in [0.5, 0.6) is 0 Å². The summed E-state index contributed by atoms with van der Waals surface area (Å²) in [5.74, 6) is -0.650. The zero-order chi connectivity index (χ0) is 25.5. The van der Waals surface area contributed by atoms with Gasteiger partial charge in [-0.2, -0.15) is 0 Å². The number of carbonyl (C=O) groups is 3. The molecular formula is C25H30FN5O5. The zero-order valence-corrected chi connectivity index (χ0v) is 20.2. The smallest absolute Gasteiger partial charge is 0.414 e. The Balaban J connectivity index is 1.30. The van der Waals surface area contributed by atoms with Crippen molar-refractivity contribution < 1.29 is 28.3 Å². The normalized spacial score (nSPS) is 18.2. The summed E-state index contributed by atoms with van der Waals surface area (Å²) in [6.45, 7) is 3.73. The van der Waals surface area contributed by atoms with Crippen LogP contribution in [0.15, 0.2) is 42.7 Å². The first-order chi connectivity index (χ1) is 17.4. The van der Waals surface area contributed by atoms with Gasteiger partial charge >= 0.3 is 6.09 Å². The van der Waals surface area contributed by atoms with Gasteiger partial charge in [0.05, 0.1) is 37.6 Å². The molecule has 1 aromatic heterocycles. The van der Waals surface area contributed by atoms with E-state index in [1.165, 1.54) is 23.0 Å². The van der Waals surface area contributed by atoms with Crippen LogP contribution in [0.25, 0.3) is 0 Å². The number of benzene rings is 1. The number of halogens is 1. The lowest BCUT2D eigenvalue weighted by atomic mass is 10.1. The summed E-state index contributed by atoms with van der Waals surface area (Å²) in [5.41, 5.74) is 1.79. The molecular weight excluding hydrogens is 469 g/mol. The van der Waals surface area contributed by atoms with E-state index in [0.29, 0.717) is 43.9 Å². The Morgan fingerprint density at radius 3 is 2.72 bits per heavy atom. The van der Waals surface area contributed by atoms with E-state index in [2.05, 4.69) is 10.3 Å². The van der Waals surface area contributed by atoms with Gasteiger partial charge in [0, 0.05) is 38.4 Å². The monoisotopic (exact) mass is 499 g/mol. The molecule has 4 rings (SSSR count). The van der Waals surface area contributed by atoms with E-state index >= 15 is 4.39 Å². The number of amides is 2. The lowest BCUT2D eigenvalue weighted by Gasteiger charge is -2.24. The van der Waals surface area contributed by atoms with E-state index < -0.39 is 18.0 Å². The van der Waals surface area contributed by atoms with Crippen molar-refractivity contribution in [2.24, 2.45) is 0 Å². The van der Waals surface area contributed by atoms with E-state index in [4.69, 9.17) is 9.57 Å². The number of ketones is 1. The van der Waals surface area contributed by atoms with Crippen molar-refractivity contribution >= 4 is 29.2 Å². The average Bonchev–Trinajstić information content (AvgIpc) is 3.07. The largest absolute Gasteiger partial charge is 0.444 e. The number of carbonyl (C=O) groups excluding carboxylic acids is 3. The second-order valence-electron chi connectivity index (χ2n) is 8.77. The summed E-state index contributed by atoms with van der Waals surface area (Å²) >= 11 is 0. The van der Waals surface area contributed by atoms with Gasteiger partial charge in [0.15, 0.2) is 0 Å². The minimum absolute atomic E-state index is 0.0304. The predicted molar refractivity (Wildman–Crippen MR) is 130 cm³/mol. The number of hydroxylamine groups is 2. The maximum absolute atomic E-state index is 15.1. The number of anilines is 2. The zero-order valence-electron chi connectivity index (χ0n) is 20.2. The second kappa shape index (κ2) is 11.9. The highest BCUT2D eigenvalue weighted by atomic mass is 19.1. The Kier molecular flexibility index (Phi) is 8.44. The third kappa shape index (κ3) is 6.55. The summed E-state index contributed by atoms with van der Waals surface area (Å²) in [7, 11) is 0. The number of hydrogen-bond donors (Lipinski definition) is 1. The third-order valence-electron chi connectivity index (χ3n) is 6.09. The molecule has 0 radical (unpaired) electrons. The van der Waals surface area contributed by atoms with Gasteiger partial charge in [0.1, 0.15) is 17.7 Å². The molecule has 2 aliphatic rings. The van der Waals surface area contributed by atoms with Gasteiger partial charge in [0.25, 0.3) is 5.91 Å². The fourth-order valence-electron chi connectivity index (χ4n) is 4.16. The van der Waals surface area contributed by atoms with E-state index in [9.17, 15) is 14.4 Å². The molecule has 1 N–H and O–H groups in total. The molecule has 2 aliphatic heterocycles. The Morgan fingerprint density at radius 1 is 1.17 bits per heavy atom. The van der Waals surface area contributed by atoms with Crippen LogP contribution in [-0.2, 0) is 25.7 Å². The van der Waals surface area contributed by atoms with Crippen LogP contribution in [0, 0.1) is 5.82 Å². The minimum Gasteiger partial charge on any atom is -0.444 e. The van der Waals surface area contributed by atoms with Gasteiger partial charge in [-0.3, -0.25) is 19.5 Å². The number of aromatic nitrogens is 1. The second-order valence-corrected chi connectivity index (χ2v) is 8.77. The molecule has 1 aromatic carbocycles. The molecule has 10 nitrogen and oxygen atoms in total. The van der Waals surface area contributed by atoms with Crippen molar-refractivity contribution in [1.29, 1.82) is 0 Å².